The number of hydrogen-bond donors (Lipinski definition) is 2. The first-order chi connectivity index (χ1) is 11.0. The summed E-state index contributed by atoms with van der Waals surface area (Å²) in [5.74, 6) is -0.136. The first-order valence-electron chi connectivity index (χ1n) is 7.96. The second-order valence-electron chi connectivity index (χ2n) is 5.90. The lowest BCUT2D eigenvalue weighted by Gasteiger charge is -2.17. The molecular weight excluding hydrogens is 294 g/mol. The zero-order valence-electron chi connectivity index (χ0n) is 13.9. The van der Waals surface area contributed by atoms with Crippen LogP contribution in [0.1, 0.15) is 39.6 Å². The molecule has 7 heteroatoms. The van der Waals surface area contributed by atoms with Crippen LogP contribution in [0.4, 0.5) is 0 Å². The number of carbonyl (C=O) groups is 2. The average molecular weight is 319 g/mol. The van der Waals surface area contributed by atoms with Gasteiger partial charge in [-0.1, -0.05) is 6.08 Å². The number of aromatic nitrogens is 2. The Bertz CT molecular complexity index is 592. The third-order valence-corrected chi connectivity index (χ3v) is 3.79. The van der Waals surface area contributed by atoms with Crippen LogP contribution in [0.15, 0.2) is 12.7 Å². The molecule has 2 N–H and O–H groups in total. The zero-order valence-corrected chi connectivity index (χ0v) is 13.9. The number of amides is 2. The first kappa shape index (κ1) is 17.2. The molecule has 0 aromatic carbocycles. The minimum absolute atomic E-state index is 0.224. The standard InChI is InChI=1S/C16H25N5O2/c1-4-8-17-15(22)13-12-7-5-6-10-21(12)14(19-13)16(23)18-9-11-20(2)3/h4H,1,5-11H2,2-3H3,(H,17,22)(H,18,23). The van der Waals surface area contributed by atoms with Crippen LogP contribution in [0, 0.1) is 0 Å². The molecule has 0 spiro atoms. The molecule has 1 aromatic heterocycles. The molecular formula is C16H25N5O2. The second-order valence-corrected chi connectivity index (χ2v) is 5.90. The third kappa shape index (κ3) is 4.19. The van der Waals surface area contributed by atoms with Crippen LogP contribution in [-0.2, 0) is 13.0 Å². The van der Waals surface area contributed by atoms with Crippen molar-refractivity contribution in [1.82, 2.24) is 25.1 Å². The highest BCUT2D eigenvalue weighted by Crippen LogP contribution is 2.21. The van der Waals surface area contributed by atoms with Crippen molar-refractivity contribution in [2.24, 2.45) is 0 Å². The van der Waals surface area contributed by atoms with Gasteiger partial charge in [0.2, 0.25) is 0 Å². The molecule has 0 saturated heterocycles. The maximum atomic E-state index is 12.4. The Labute approximate surface area is 136 Å². The minimum Gasteiger partial charge on any atom is -0.348 e. The molecule has 2 heterocycles. The smallest absolute Gasteiger partial charge is 0.287 e. The lowest BCUT2D eigenvalue weighted by molar-refractivity contribution is 0.0935. The number of rotatable bonds is 7. The maximum Gasteiger partial charge on any atom is 0.287 e. The van der Waals surface area contributed by atoms with E-state index in [0.29, 0.717) is 24.6 Å². The first-order valence-corrected chi connectivity index (χ1v) is 7.96. The molecule has 0 unspecified atom stereocenters. The minimum atomic E-state index is -0.247. The van der Waals surface area contributed by atoms with Crippen molar-refractivity contribution >= 4 is 11.8 Å². The summed E-state index contributed by atoms with van der Waals surface area (Å²) >= 11 is 0. The highest BCUT2D eigenvalue weighted by molar-refractivity contribution is 5.97. The van der Waals surface area contributed by atoms with E-state index in [-0.39, 0.29) is 11.8 Å². The van der Waals surface area contributed by atoms with E-state index >= 15 is 0 Å². The molecule has 0 radical (unpaired) electrons. The van der Waals surface area contributed by atoms with Crippen LogP contribution >= 0.6 is 0 Å². The van der Waals surface area contributed by atoms with Crippen LogP contribution in [0.2, 0.25) is 0 Å². The molecule has 2 amide bonds. The van der Waals surface area contributed by atoms with Gasteiger partial charge in [-0.05, 0) is 33.4 Å². The number of nitrogens with one attached hydrogen (secondary N) is 2. The Morgan fingerprint density at radius 2 is 2.09 bits per heavy atom. The van der Waals surface area contributed by atoms with Gasteiger partial charge in [-0.3, -0.25) is 9.59 Å². The summed E-state index contributed by atoms with van der Waals surface area (Å²) in [4.78, 5) is 31.0. The lowest BCUT2D eigenvalue weighted by atomic mass is 10.1. The normalized spacial score (nSPS) is 13.5. The molecule has 0 atom stereocenters. The van der Waals surface area contributed by atoms with Gasteiger partial charge in [-0.2, -0.15) is 0 Å². The van der Waals surface area contributed by atoms with Gasteiger partial charge in [0.25, 0.3) is 11.8 Å². The summed E-state index contributed by atoms with van der Waals surface area (Å²) in [6.45, 7) is 6.00. The summed E-state index contributed by atoms with van der Waals surface area (Å²) in [6, 6.07) is 0. The number of imidazole rings is 1. The fourth-order valence-electron chi connectivity index (χ4n) is 2.62. The van der Waals surface area contributed by atoms with Gasteiger partial charge in [0.1, 0.15) is 5.69 Å². The SMILES string of the molecule is C=CCNC(=O)c1nc(C(=O)NCCN(C)C)n2c1CCCC2. The highest BCUT2D eigenvalue weighted by Gasteiger charge is 2.27. The van der Waals surface area contributed by atoms with Crippen LogP contribution in [0.5, 0.6) is 0 Å². The number of likely N-dealkylation sites (N-methyl/N-ethyl adjacent to an activating group) is 1. The van der Waals surface area contributed by atoms with Crippen molar-refractivity contribution < 1.29 is 9.59 Å². The largest absolute Gasteiger partial charge is 0.348 e. The van der Waals surface area contributed by atoms with E-state index in [0.717, 1.165) is 38.0 Å². The summed E-state index contributed by atoms with van der Waals surface area (Å²) in [6.07, 6.45) is 4.40. The van der Waals surface area contributed by atoms with E-state index in [2.05, 4.69) is 22.2 Å². The van der Waals surface area contributed by atoms with Gasteiger partial charge in [0, 0.05) is 26.2 Å². The molecule has 7 nitrogen and oxygen atoms in total. The Hall–Kier alpha value is -2.15. The number of hydrogen-bond acceptors (Lipinski definition) is 4. The number of nitrogens with zero attached hydrogens (tertiary/aromatic N) is 3. The van der Waals surface area contributed by atoms with E-state index in [1.54, 1.807) is 6.08 Å². The van der Waals surface area contributed by atoms with Crippen LogP contribution in [0.25, 0.3) is 0 Å². The van der Waals surface area contributed by atoms with Crippen molar-refractivity contribution in [2.75, 3.05) is 33.7 Å². The van der Waals surface area contributed by atoms with Crippen molar-refractivity contribution in [3.8, 4) is 0 Å². The molecule has 2 rings (SSSR count). The van der Waals surface area contributed by atoms with Crippen molar-refractivity contribution in [2.45, 2.75) is 25.8 Å². The van der Waals surface area contributed by atoms with Gasteiger partial charge < -0.3 is 20.1 Å². The van der Waals surface area contributed by atoms with E-state index < -0.39 is 0 Å². The zero-order chi connectivity index (χ0) is 16.8. The molecule has 0 saturated carbocycles. The summed E-state index contributed by atoms with van der Waals surface area (Å²) in [5, 5.41) is 5.60. The Morgan fingerprint density at radius 3 is 2.78 bits per heavy atom. The predicted octanol–water partition coefficient (Wildman–Crippen LogP) is 0.427. The molecule has 0 fully saturated rings. The topological polar surface area (TPSA) is 79.3 Å². The molecule has 1 aliphatic rings. The van der Waals surface area contributed by atoms with Gasteiger partial charge in [0.05, 0.1) is 5.69 Å². The third-order valence-electron chi connectivity index (χ3n) is 3.79. The molecule has 0 aliphatic carbocycles. The predicted molar refractivity (Wildman–Crippen MR) is 88.6 cm³/mol. The van der Waals surface area contributed by atoms with Crippen molar-refractivity contribution in [1.29, 1.82) is 0 Å². The fourth-order valence-corrected chi connectivity index (χ4v) is 2.62. The van der Waals surface area contributed by atoms with Gasteiger partial charge >= 0.3 is 0 Å². The van der Waals surface area contributed by atoms with Gasteiger partial charge in [-0.15, -0.1) is 6.58 Å². The molecule has 23 heavy (non-hydrogen) atoms. The fraction of sp³-hybridized carbons (Fsp3) is 0.562. The molecule has 126 valence electrons. The van der Waals surface area contributed by atoms with E-state index in [1.807, 2.05) is 23.6 Å². The quantitative estimate of drug-likeness (QED) is 0.714. The maximum absolute atomic E-state index is 12.4. The number of carbonyl (C=O) groups excluding carboxylic acids is 2. The van der Waals surface area contributed by atoms with Gasteiger partial charge in [-0.25, -0.2) is 4.98 Å². The van der Waals surface area contributed by atoms with Crippen LogP contribution < -0.4 is 10.6 Å². The van der Waals surface area contributed by atoms with Crippen molar-refractivity contribution in [3.63, 3.8) is 0 Å². The Kier molecular flexibility index (Phi) is 5.92. The van der Waals surface area contributed by atoms with E-state index in [4.69, 9.17) is 0 Å². The highest BCUT2D eigenvalue weighted by atomic mass is 16.2. The summed E-state index contributed by atoms with van der Waals surface area (Å²) < 4.78 is 1.89. The average Bonchev–Trinajstić information content (AvgIpc) is 2.92. The van der Waals surface area contributed by atoms with E-state index in [9.17, 15) is 9.59 Å². The van der Waals surface area contributed by atoms with Crippen LogP contribution in [0.3, 0.4) is 0 Å². The number of fused-ring (bicyclic) bond motifs is 1. The Morgan fingerprint density at radius 1 is 1.30 bits per heavy atom. The molecule has 1 aromatic rings. The van der Waals surface area contributed by atoms with Gasteiger partial charge in [0.15, 0.2) is 5.82 Å². The van der Waals surface area contributed by atoms with E-state index in [1.165, 1.54) is 0 Å². The summed E-state index contributed by atoms with van der Waals surface area (Å²) in [7, 11) is 3.90. The van der Waals surface area contributed by atoms with Crippen molar-refractivity contribution in [3.05, 3.63) is 29.9 Å². The molecule has 0 bridgehead atoms. The Balaban J connectivity index is 2.19. The van der Waals surface area contributed by atoms with Crippen LogP contribution in [-0.4, -0.2) is 60.0 Å². The molecule has 1 aliphatic heterocycles. The monoisotopic (exact) mass is 319 g/mol. The lowest BCUT2D eigenvalue weighted by Crippen LogP contribution is -2.33. The second kappa shape index (κ2) is 7.92. The summed E-state index contributed by atoms with van der Waals surface area (Å²) in [5.41, 5.74) is 1.22.